The molecule has 0 fully saturated rings. The fourth-order valence-corrected chi connectivity index (χ4v) is 2.02. The van der Waals surface area contributed by atoms with Crippen LogP contribution < -0.4 is 0 Å². The summed E-state index contributed by atoms with van der Waals surface area (Å²) in [5.41, 5.74) is 3.21. The van der Waals surface area contributed by atoms with Crippen LogP contribution in [0.4, 0.5) is 0 Å². The maximum Gasteiger partial charge on any atom is 0.358 e. The Labute approximate surface area is 108 Å². The second-order valence-electron chi connectivity index (χ2n) is 3.80. The SMILES string of the molecule is CCOC(=O)c1cn2c(C)c(Br)c(C)cc2n1. The summed E-state index contributed by atoms with van der Waals surface area (Å²) in [4.78, 5) is 15.8. The lowest BCUT2D eigenvalue weighted by Crippen LogP contribution is -2.04. The van der Waals surface area contributed by atoms with Crippen LogP contribution in [-0.2, 0) is 4.74 Å². The van der Waals surface area contributed by atoms with Gasteiger partial charge in [0.2, 0.25) is 0 Å². The first-order chi connectivity index (χ1) is 8.04. The molecule has 0 aliphatic rings. The van der Waals surface area contributed by atoms with Gasteiger partial charge in [0, 0.05) is 16.4 Å². The van der Waals surface area contributed by atoms with Gasteiger partial charge in [0.1, 0.15) is 5.65 Å². The summed E-state index contributed by atoms with van der Waals surface area (Å²) in [5, 5.41) is 0. The largest absolute Gasteiger partial charge is 0.461 e. The average molecular weight is 297 g/mol. The third-order valence-corrected chi connectivity index (χ3v) is 3.79. The summed E-state index contributed by atoms with van der Waals surface area (Å²) in [5.74, 6) is -0.385. The summed E-state index contributed by atoms with van der Waals surface area (Å²) in [6.07, 6.45) is 1.70. The highest BCUT2D eigenvalue weighted by molar-refractivity contribution is 9.10. The van der Waals surface area contributed by atoms with Crippen LogP contribution in [0, 0.1) is 13.8 Å². The van der Waals surface area contributed by atoms with Crippen LogP contribution in [0.5, 0.6) is 0 Å². The van der Waals surface area contributed by atoms with Gasteiger partial charge in [0.25, 0.3) is 0 Å². The van der Waals surface area contributed by atoms with E-state index in [-0.39, 0.29) is 5.97 Å². The second-order valence-corrected chi connectivity index (χ2v) is 4.59. The quantitative estimate of drug-likeness (QED) is 0.801. The van der Waals surface area contributed by atoms with E-state index in [1.807, 2.05) is 24.3 Å². The smallest absolute Gasteiger partial charge is 0.358 e. The lowest BCUT2D eigenvalue weighted by molar-refractivity contribution is 0.0520. The van der Waals surface area contributed by atoms with Crippen molar-refractivity contribution < 1.29 is 9.53 Å². The number of halogens is 1. The molecule has 4 nitrogen and oxygen atoms in total. The molecule has 0 spiro atoms. The fraction of sp³-hybridized carbons (Fsp3) is 0.333. The van der Waals surface area contributed by atoms with Crippen LogP contribution in [0.3, 0.4) is 0 Å². The van der Waals surface area contributed by atoms with Crippen molar-refractivity contribution >= 4 is 27.5 Å². The van der Waals surface area contributed by atoms with E-state index in [0.29, 0.717) is 12.3 Å². The number of hydrogen-bond acceptors (Lipinski definition) is 3. The Kier molecular flexibility index (Phi) is 3.19. The van der Waals surface area contributed by atoms with Crippen LogP contribution in [0.2, 0.25) is 0 Å². The molecule has 0 aliphatic heterocycles. The van der Waals surface area contributed by atoms with Gasteiger partial charge in [0.15, 0.2) is 5.69 Å². The Bertz CT molecular complexity index is 590. The number of esters is 1. The lowest BCUT2D eigenvalue weighted by Gasteiger charge is -2.05. The number of aromatic nitrogens is 2. The van der Waals surface area contributed by atoms with Crippen molar-refractivity contribution in [2.45, 2.75) is 20.8 Å². The molecule has 0 saturated heterocycles. The molecule has 17 heavy (non-hydrogen) atoms. The van der Waals surface area contributed by atoms with Gasteiger partial charge in [-0.2, -0.15) is 0 Å². The van der Waals surface area contributed by atoms with Crippen LogP contribution in [-0.4, -0.2) is 22.0 Å². The molecule has 0 unspecified atom stereocenters. The molecular formula is C12H13BrN2O2. The van der Waals surface area contributed by atoms with Gasteiger partial charge in [-0.15, -0.1) is 0 Å². The minimum Gasteiger partial charge on any atom is -0.461 e. The minimum absolute atomic E-state index is 0.340. The van der Waals surface area contributed by atoms with Crippen LogP contribution in [0.25, 0.3) is 5.65 Å². The highest BCUT2D eigenvalue weighted by Crippen LogP contribution is 2.23. The zero-order valence-corrected chi connectivity index (χ0v) is 11.5. The van der Waals surface area contributed by atoms with Crippen molar-refractivity contribution in [2.24, 2.45) is 0 Å². The van der Waals surface area contributed by atoms with Gasteiger partial charge in [-0.3, -0.25) is 0 Å². The molecule has 0 radical (unpaired) electrons. The topological polar surface area (TPSA) is 43.6 Å². The third kappa shape index (κ3) is 2.07. The molecule has 0 bridgehead atoms. The predicted octanol–water partition coefficient (Wildman–Crippen LogP) is 2.89. The number of carbonyl (C=O) groups is 1. The Balaban J connectivity index is 2.58. The summed E-state index contributed by atoms with van der Waals surface area (Å²) in [6.45, 7) is 6.10. The van der Waals surface area contributed by atoms with E-state index in [9.17, 15) is 4.79 Å². The Morgan fingerprint density at radius 3 is 2.88 bits per heavy atom. The van der Waals surface area contributed by atoms with Crippen molar-refractivity contribution in [2.75, 3.05) is 6.61 Å². The highest BCUT2D eigenvalue weighted by Gasteiger charge is 2.14. The summed E-state index contributed by atoms with van der Waals surface area (Å²) in [6, 6.07) is 1.93. The number of rotatable bonds is 2. The van der Waals surface area contributed by atoms with Crippen LogP contribution in [0.1, 0.15) is 28.7 Å². The molecule has 2 aromatic heterocycles. The Hall–Kier alpha value is -1.36. The maximum atomic E-state index is 11.6. The molecule has 0 aromatic carbocycles. The zero-order valence-electron chi connectivity index (χ0n) is 9.95. The number of carbonyl (C=O) groups excluding carboxylic acids is 1. The van der Waals surface area contributed by atoms with Gasteiger partial charge in [-0.05, 0) is 48.3 Å². The second kappa shape index (κ2) is 4.49. The molecular weight excluding hydrogens is 284 g/mol. The number of ether oxygens (including phenoxy) is 1. The molecule has 5 heteroatoms. The van der Waals surface area contributed by atoms with Gasteiger partial charge in [0.05, 0.1) is 6.61 Å². The van der Waals surface area contributed by atoms with Crippen molar-refractivity contribution in [3.05, 3.63) is 33.7 Å². The number of aryl methyl sites for hydroxylation is 2. The highest BCUT2D eigenvalue weighted by atomic mass is 79.9. The third-order valence-electron chi connectivity index (χ3n) is 2.59. The average Bonchev–Trinajstić information content (AvgIpc) is 2.70. The first kappa shape index (κ1) is 12.1. The van der Waals surface area contributed by atoms with Crippen LogP contribution >= 0.6 is 15.9 Å². The number of fused-ring (bicyclic) bond motifs is 1. The predicted molar refractivity (Wildman–Crippen MR) is 68.3 cm³/mol. The van der Waals surface area contributed by atoms with Crippen LogP contribution in [0.15, 0.2) is 16.7 Å². The molecule has 0 atom stereocenters. The molecule has 90 valence electrons. The monoisotopic (exact) mass is 296 g/mol. The van der Waals surface area contributed by atoms with Gasteiger partial charge >= 0.3 is 5.97 Å². The van der Waals surface area contributed by atoms with Gasteiger partial charge < -0.3 is 9.14 Å². The van der Waals surface area contributed by atoms with Gasteiger partial charge in [-0.1, -0.05) is 0 Å². The molecule has 2 rings (SSSR count). The number of hydrogen-bond donors (Lipinski definition) is 0. The Morgan fingerprint density at radius 1 is 1.53 bits per heavy atom. The Morgan fingerprint density at radius 2 is 2.24 bits per heavy atom. The van der Waals surface area contributed by atoms with Crippen molar-refractivity contribution in [3.8, 4) is 0 Å². The summed E-state index contributed by atoms with van der Waals surface area (Å²) < 4.78 is 7.84. The molecule has 0 N–H and O–H groups in total. The van der Waals surface area contributed by atoms with E-state index in [1.54, 1.807) is 13.1 Å². The van der Waals surface area contributed by atoms with Crippen molar-refractivity contribution in [3.63, 3.8) is 0 Å². The minimum atomic E-state index is -0.385. The number of pyridine rings is 1. The number of imidazole rings is 1. The molecule has 2 heterocycles. The first-order valence-electron chi connectivity index (χ1n) is 5.36. The van der Waals surface area contributed by atoms with Crippen molar-refractivity contribution in [1.82, 2.24) is 9.38 Å². The lowest BCUT2D eigenvalue weighted by atomic mass is 10.2. The maximum absolute atomic E-state index is 11.6. The standard InChI is InChI=1S/C12H13BrN2O2/c1-4-17-12(16)9-6-15-8(3)11(13)7(2)5-10(15)14-9/h5-6H,4H2,1-3H3. The van der Waals surface area contributed by atoms with E-state index in [4.69, 9.17) is 4.74 Å². The number of nitrogens with zero attached hydrogens (tertiary/aromatic N) is 2. The van der Waals surface area contributed by atoms with E-state index >= 15 is 0 Å². The van der Waals surface area contributed by atoms with E-state index in [0.717, 1.165) is 21.4 Å². The molecule has 2 aromatic rings. The van der Waals surface area contributed by atoms with Crippen molar-refractivity contribution in [1.29, 1.82) is 0 Å². The summed E-state index contributed by atoms with van der Waals surface area (Å²) >= 11 is 3.51. The molecule has 0 saturated carbocycles. The van der Waals surface area contributed by atoms with Gasteiger partial charge in [-0.25, -0.2) is 9.78 Å². The summed E-state index contributed by atoms with van der Waals surface area (Å²) in [7, 11) is 0. The zero-order chi connectivity index (χ0) is 12.6. The fourth-order valence-electron chi connectivity index (χ4n) is 1.72. The molecule has 0 aliphatic carbocycles. The first-order valence-corrected chi connectivity index (χ1v) is 6.15. The van der Waals surface area contributed by atoms with E-state index in [1.165, 1.54) is 0 Å². The normalized spacial score (nSPS) is 10.8. The van der Waals surface area contributed by atoms with E-state index in [2.05, 4.69) is 20.9 Å². The van der Waals surface area contributed by atoms with E-state index < -0.39 is 0 Å². The molecule has 0 amide bonds.